The lowest BCUT2D eigenvalue weighted by Gasteiger charge is -2.19. The molecule has 0 aliphatic heterocycles. The number of aromatic nitrogens is 2. The summed E-state index contributed by atoms with van der Waals surface area (Å²) in [4.78, 5) is 27.3. The Morgan fingerprint density at radius 1 is 0.964 bits per heavy atom. The van der Waals surface area contributed by atoms with Gasteiger partial charge in [-0.05, 0) is 31.5 Å². The van der Waals surface area contributed by atoms with Crippen LogP contribution >= 0.6 is 0 Å². The van der Waals surface area contributed by atoms with Gasteiger partial charge in [0.2, 0.25) is 5.91 Å². The number of amides is 2. The quantitative estimate of drug-likeness (QED) is 0.686. The van der Waals surface area contributed by atoms with Crippen LogP contribution in [0.2, 0.25) is 0 Å². The Hall–Kier alpha value is -3.41. The fourth-order valence-corrected chi connectivity index (χ4v) is 3.03. The SMILES string of the molecule is CCN(CC)C(=O)c1cnn(-c2ccccc2)c1NC(=O)Cc1ccccc1. The van der Waals surface area contributed by atoms with Crippen molar-refractivity contribution < 1.29 is 9.59 Å². The highest BCUT2D eigenvalue weighted by Crippen LogP contribution is 2.22. The second-order valence-corrected chi connectivity index (χ2v) is 6.34. The van der Waals surface area contributed by atoms with E-state index in [0.717, 1.165) is 11.3 Å². The molecule has 0 aliphatic rings. The Labute approximate surface area is 164 Å². The minimum absolute atomic E-state index is 0.151. The zero-order valence-electron chi connectivity index (χ0n) is 16.1. The summed E-state index contributed by atoms with van der Waals surface area (Å²) >= 11 is 0. The standard InChI is InChI=1S/C22H24N4O2/c1-3-25(4-2)22(28)19-16-23-26(18-13-9-6-10-14-18)21(19)24-20(27)15-17-11-7-5-8-12-17/h5-14,16H,3-4,15H2,1-2H3,(H,24,27). The first-order valence-electron chi connectivity index (χ1n) is 9.40. The number of carbonyl (C=O) groups is 2. The molecule has 0 radical (unpaired) electrons. The van der Waals surface area contributed by atoms with E-state index in [4.69, 9.17) is 0 Å². The topological polar surface area (TPSA) is 67.2 Å². The summed E-state index contributed by atoms with van der Waals surface area (Å²) in [6.45, 7) is 5.03. The van der Waals surface area contributed by atoms with Crippen LogP contribution in [0.25, 0.3) is 5.69 Å². The van der Waals surface area contributed by atoms with Gasteiger partial charge in [0.25, 0.3) is 5.91 Å². The minimum atomic E-state index is -0.197. The van der Waals surface area contributed by atoms with E-state index in [1.165, 1.54) is 6.20 Å². The summed E-state index contributed by atoms with van der Waals surface area (Å²) in [6.07, 6.45) is 1.74. The molecule has 0 saturated heterocycles. The van der Waals surface area contributed by atoms with Crippen molar-refractivity contribution in [3.05, 3.63) is 78.0 Å². The Balaban J connectivity index is 1.94. The summed E-state index contributed by atoms with van der Waals surface area (Å²) < 4.78 is 1.60. The molecule has 2 amide bonds. The summed E-state index contributed by atoms with van der Waals surface area (Å²) in [6, 6.07) is 18.9. The van der Waals surface area contributed by atoms with Gasteiger partial charge in [-0.3, -0.25) is 9.59 Å². The molecule has 0 bridgehead atoms. The first-order valence-corrected chi connectivity index (χ1v) is 9.40. The van der Waals surface area contributed by atoms with Crippen LogP contribution in [0, 0.1) is 0 Å². The second-order valence-electron chi connectivity index (χ2n) is 6.34. The molecule has 3 aromatic rings. The van der Waals surface area contributed by atoms with Gasteiger partial charge in [0.15, 0.2) is 0 Å². The van der Waals surface area contributed by atoms with Crippen molar-refractivity contribution >= 4 is 17.6 Å². The van der Waals surface area contributed by atoms with Gasteiger partial charge in [0.1, 0.15) is 11.4 Å². The van der Waals surface area contributed by atoms with Crippen molar-refractivity contribution in [3.8, 4) is 5.69 Å². The van der Waals surface area contributed by atoms with Gasteiger partial charge in [0, 0.05) is 13.1 Å². The third-order valence-electron chi connectivity index (χ3n) is 4.52. The van der Waals surface area contributed by atoms with Gasteiger partial charge in [-0.1, -0.05) is 48.5 Å². The molecule has 1 N–H and O–H groups in total. The van der Waals surface area contributed by atoms with E-state index < -0.39 is 0 Å². The van der Waals surface area contributed by atoms with Gasteiger partial charge in [0.05, 0.1) is 18.3 Å². The van der Waals surface area contributed by atoms with Crippen LogP contribution in [0.5, 0.6) is 0 Å². The molecular weight excluding hydrogens is 352 g/mol. The second kappa shape index (κ2) is 8.99. The largest absolute Gasteiger partial charge is 0.339 e. The first kappa shape index (κ1) is 19.4. The summed E-state index contributed by atoms with van der Waals surface area (Å²) in [5, 5.41) is 7.28. The smallest absolute Gasteiger partial charge is 0.259 e. The maximum absolute atomic E-state index is 12.9. The van der Waals surface area contributed by atoms with Crippen molar-refractivity contribution in [2.75, 3.05) is 18.4 Å². The number of benzene rings is 2. The van der Waals surface area contributed by atoms with Crippen molar-refractivity contribution in [2.24, 2.45) is 0 Å². The van der Waals surface area contributed by atoms with Crippen LogP contribution in [0.3, 0.4) is 0 Å². The lowest BCUT2D eigenvalue weighted by Crippen LogP contribution is -2.31. The molecule has 6 heteroatoms. The van der Waals surface area contributed by atoms with E-state index in [1.54, 1.807) is 9.58 Å². The summed E-state index contributed by atoms with van der Waals surface area (Å²) in [5.41, 5.74) is 2.06. The molecule has 0 saturated carbocycles. The van der Waals surface area contributed by atoms with Gasteiger partial charge in [-0.2, -0.15) is 5.10 Å². The van der Waals surface area contributed by atoms with E-state index in [2.05, 4.69) is 10.4 Å². The molecule has 0 spiro atoms. The van der Waals surface area contributed by atoms with Crippen LogP contribution in [-0.2, 0) is 11.2 Å². The van der Waals surface area contributed by atoms with E-state index >= 15 is 0 Å². The van der Waals surface area contributed by atoms with Crippen LogP contribution in [0.1, 0.15) is 29.8 Å². The van der Waals surface area contributed by atoms with Crippen molar-refractivity contribution in [3.63, 3.8) is 0 Å². The number of carbonyl (C=O) groups excluding carboxylic acids is 2. The molecule has 28 heavy (non-hydrogen) atoms. The highest BCUT2D eigenvalue weighted by atomic mass is 16.2. The molecule has 0 unspecified atom stereocenters. The van der Waals surface area contributed by atoms with Crippen molar-refractivity contribution in [1.29, 1.82) is 0 Å². The molecule has 1 aromatic heterocycles. The number of nitrogens with zero attached hydrogens (tertiary/aromatic N) is 3. The Morgan fingerprint density at radius 3 is 2.18 bits per heavy atom. The number of nitrogens with one attached hydrogen (secondary N) is 1. The third kappa shape index (κ3) is 4.28. The lowest BCUT2D eigenvalue weighted by atomic mass is 10.1. The Kier molecular flexibility index (Phi) is 6.22. The minimum Gasteiger partial charge on any atom is -0.339 e. The molecule has 0 fully saturated rings. The van der Waals surface area contributed by atoms with Gasteiger partial charge < -0.3 is 10.2 Å². The molecule has 144 valence electrons. The normalized spacial score (nSPS) is 10.5. The van der Waals surface area contributed by atoms with Gasteiger partial charge in [-0.25, -0.2) is 4.68 Å². The fourth-order valence-electron chi connectivity index (χ4n) is 3.03. The average molecular weight is 376 g/mol. The van der Waals surface area contributed by atoms with Crippen LogP contribution in [0.15, 0.2) is 66.9 Å². The van der Waals surface area contributed by atoms with Crippen LogP contribution in [0.4, 0.5) is 5.82 Å². The predicted molar refractivity (Wildman–Crippen MR) is 110 cm³/mol. The number of hydrogen-bond acceptors (Lipinski definition) is 3. The average Bonchev–Trinajstić information content (AvgIpc) is 3.13. The zero-order valence-corrected chi connectivity index (χ0v) is 16.1. The van der Waals surface area contributed by atoms with Gasteiger partial charge in [-0.15, -0.1) is 0 Å². The van der Waals surface area contributed by atoms with Crippen LogP contribution in [-0.4, -0.2) is 39.6 Å². The van der Waals surface area contributed by atoms with E-state index in [0.29, 0.717) is 24.5 Å². The number of anilines is 1. The zero-order chi connectivity index (χ0) is 19.9. The Morgan fingerprint density at radius 2 is 1.57 bits per heavy atom. The molecule has 2 aromatic carbocycles. The third-order valence-corrected chi connectivity index (χ3v) is 4.52. The summed E-state index contributed by atoms with van der Waals surface area (Å²) in [5.74, 6) is 0.0451. The molecule has 0 atom stereocenters. The summed E-state index contributed by atoms with van der Waals surface area (Å²) in [7, 11) is 0. The monoisotopic (exact) mass is 376 g/mol. The Bertz CT molecular complexity index is 932. The lowest BCUT2D eigenvalue weighted by molar-refractivity contribution is -0.115. The van der Waals surface area contributed by atoms with E-state index in [1.807, 2.05) is 74.5 Å². The molecule has 1 heterocycles. The molecular formula is C22H24N4O2. The van der Waals surface area contributed by atoms with Crippen LogP contribution < -0.4 is 5.32 Å². The maximum Gasteiger partial charge on any atom is 0.259 e. The predicted octanol–water partition coefficient (Wildman–Crippen LogP) is 3.54. The van der Waals surface area contributed by atoms with E-state index in [9.17, 15) is 9.59 Å². The first-order chi connectivity index (χ1) is 13.6. The number of para-hydroxylation sites is 1. The van der Waals surface area contributed by atoms with Gasteiger partial charge >= 0.3 is 0 Å². The van der Waals surface area contributed by atoms with Crippen molar-refractivity contribution in [1.82, 2.24) is 14.7 Å². The molecule has 0 aliphatic carbocycles. The number of rotatable bonds is 7. The fraction of sp³-hybridized carbons (Fsp3) is 0.227. The van der Waals surface area contributed by atoms with E-state index in [-0.39, 0.29) is 18.2 Å². The highest BCUT2D eigenvalue weighted by Gasteiger charge is 2.23. The highest BCUT2D eigenvalue weighted by molar-refractivity contribution is 6.03. The van der Waals surface area contributed by atoms with Crippen molar-refractivity contribution in [2.45, 2.75) is 20.3 Å². The molecule has 3 rings (SSSR count). The maximum atomic E-state index is 12.9. The number of hydrogen-bond donors (Lipinski definition) is 1. The molecule has 6 nitrogen and oxygen atoms in total.